The molecule has 124 valence electrons. The van der Waals surface area contributed by atoms with Crippen molar-refractivity contribution in [1.82, 2.24) is 9.13 Å². The van der Waals surface area contributed by atoms with Crippen molar-refractivity contribution in [3.05, 3.63) is 62.4 Å². The normalized spacial score (nSPS) is 12.0. The molecule has 0 unspecified atom stereocenters. The summed E-state index contributed by atoms with van der Waals surface area (Å²) < 4.78 is 40.0. The van der Waals surface area contributed by atoms with Crippen LogP contribution in [0.25, 0.3) is 5.69 Å². The molecule has 0 aliphatic heterocycles. The third kappa shape index (κ3) is 3.21. The third-order valence-corrected chi connectivity index (χ3v) is 3.40. The fourth-order valence-corrected chi connectivity index (χ4v) is 2.22. The highest BCUT2D eigenvalue weighted by atomic mass is 19.4. The van der Waals surface area contributed by atoms with Crippen LogP contribution < -0.4 is 17.0 Å². The second-order valence-electron chi connectivity index (χ2n) is 5.32. The summed E-state index contributed by atoms with van der Waals surface area (Å²) in [6, 6.07) is 3.73. The molecule has 5 nitrogen and oxygen atoms in total. The molecule has 1 aromatic carbocycles. The van der Waals surface area contributed by atoms with Crippen LogP contribution in [0.15, 0.2) is 40.1 Å². The van der Waals surface area contributed by atoms with Crippen LogP contribution in [0.3, 0.4) is 0 Å². The Labute approximate surface area is 129 Å². The van der Waals surface area contributed by atoms with Crippen LogP contribution in [0.5, 0.6) is 0 Å². The van der Waals surface area contributed by atoms with E-state index in [4.69, 9.17) is 5.73 Å². The van der Waals surface area contributed by atoms with E-state index in [2.05, 4.69) is 0 Å². The summed E-state index contributed by atoms with van der Waals surface area (Å²) in [4.78, 5) is 24.6. The van der Waals surface area contributed by atoms with Crippen molar-refractivity contribution in [1.29, 1.82) is 0 Å². The van der Waals surface area contributed by atoms with Crippen LogP contribution in [0.1, 0.15) is 31.0 Å². The molecule has 23 heavy (non-hydrogen) atoms. The molecule has 0 fully saturated rings. The second-order valence-corrected chi connectivity index (χ2v) is 5.32. The molecule has 0 aliphatic rings. The first-order valence-corrected chi connectivity index (χ1v) is 6.91. The molecule has 1 heterocycles. The Morgan fingerprint density at radius 1 is 1.13 bits per heavy atom. The van der Waals surface area contributed by atoms with E-state index in [0.717, 1.165) is 21.3 Å². The molecule has 2 rings (SSSR count). The summed E-state index contributed by atoms with van der Waals surface area (Å²) in [5.74, 6) is 0. The van der Waals surface area contributed by atoms with Gasteiger partial charge in [0.1, 0.15) is 0 Å². The Balaban J connectivity index is 2.67. The molecule has 0 saturated heterocycles. The maximum atomic E-state index is 12.6. The molecule has 2 N–H and O–H groups in total. The molecule has 0 atom stereocenters. The minimum absolute atomic E-state index is 0.0769. The minimum atomic E-state index is -4.46. The maximum Gasteiger partial charge on any atom is 0.416 e. The van der Waals surface area contributed by atoms with Crippen LogP contribution in [0.4, 0.5) is 13.2 Å². The fourth-order valence-electron chi connectivity index (χ4n) is 2.22. The average molecular weight is 327 g/mol. The Morgan fingerprint density at radius 3 is 2.13 bits per heavy atom. The number of nitrogens with two attached hydrogens (primary N) is 1. The quantitative estimate of drug-likeness (QED) is 0.938. The van der Waals surface area contributed by atoms with Crippen molar-refractivity contribution < 1.29 is 13.2 Å². The van der Waals surface area contributed by atoms with Gasteiger partial charge in [0.2, 0.25) is 0 Å². The third-order valence-electron chi connectivity index (χ3n) is 3.40. The number of halogens is 3. The number of hydrogen-bond donors (Lipinski definition) is 1. The van der Waals surface area contributed by atoms with E-state index in [-0.39, 0.29) is 17.8 Å². The van der Waals surface area contributed by atoms with Crippen LogP contribution >= 0.6 is 0 Å². The standard InChI is InChI=1S/C15H16F3N3O2/c1-9(2)21-13(22)10(7-19)8-20(14(21)23)12-5-3-11(4-6-12)15(16,17)18/h3-6,8-9H,7,19H2,1-2H3. The Morgan fingerprint density at radius 2 is 1.70 bits per heavy atom. The van der Waals surface area contributed by atoms with Crippen molar-refractivity contribution in [2.75, 3.05) is 0 Å². The highest BCUT2D eigenvalue weighted by molar-refractivity contribution is 5.36. The SMILES string of the molecule is CC(C)n1c(=O)c(CN)cn(-c2ccc(C(F)(F)F)cc2)c1=O. The lowest BCUT2D eigenvalue weighted by Gasteiger charge is -2.15. The highest BCUT2D eigenvalue weighted by Gasteiger charge is 2.30. The zero-order chi connectivity index (χ0) is 17.4. The summed E-state index contributed by atoms with van der Waals surface area (Å²) in [5.41, 5.74) is 4.03. The van der Waals surface area contributed by atoms with Gasteiger partial charge in [-0.05, 0) is 38.1 Å². The van der Waals surface area contributed by atoms with E-state index in [1.165, 1.54) is 18.3 Å². The van der Waals surface area contributed by atoms with Gasteiger partial charge in [0.15, 0.2) is 0 Å². The Kier molecular flexibility index (Phi) is 4.46. The number of nitrogens with zero attached hydrogens (tertiary/aromatic N) is 2. The van der Waals surface area contributed by atoms with Gasteiger partial charge in [-0.15, -0.1) is 0 Å². The molecule has 0 radical (unpaired) electrons. The number of benzene rings is 1. The van der Waals surface area contributed by atoms with Gasteiger partial charge in [-0.3, -0.25) is 13.9 Å². The van der Waals surface area contributed by atoms with Crippen molar-refractivity contribution in [3.8, 4) is 5.69 Å². The number of aromatic nitrogens is 2. The van der Waals surface area contributed by atoms with Crippen molar-refractivity contribution >= 4 is 0 Å². The van der Waals surface area contributed by atoms with Gasteiger partial charge in [0, 0.05) is 24.3 Å². The second kappa shape index (κ2) is 6.04. The number of alkyl halides is 3. The molecular formula is C15H16F3N3O2. The lowest BCUT2D eigenvalue weighted by molar-refractivity contribution is -0.137. The zero-order valence-corrected chi connectivity index (χ0v) is 12.6. The minimum Gasteiger partial charge on any atom is -0.326 e. The van der Waals surface area contributed by atoms with E-state index >= 15 is 0 Å². The van der Waals surface area contributed by atoms with Crippen molar-refractivity contribution in [2.45, 2.75) is 32.6 Å². The Bertz CT molecular complexity index is 818. The first-order valence-electron chi connectivity index (χ1n) is 6.91. The maximum absolute atomic E-state index is 12.6. The molecule has 0 saturated carbocycles. The van der Waals surface area contributed by atoms with Crippen LogP contribution in [-0.4, -0.2) is 9.13 Å². The molecule has 2 aromatic rings. The summed E-state index contributed by atoms with van der Waals surface area (Å²) in [6.45, 7) is 3.26. The first kappa shape index (κ1) is 17.0. The molecule has 0 amide bonds. The molecule has 0 spiro atoms. The lowest BCUT2D eigenvalue weighted by atomic mass is 10.2. The lowest BCUT2D eigenvalue weighted by Crippen LogP contribution is -2.42. The van der Waals surface area contributed by atoms with Gasteiger partial charge >= 0.3 is 11.9 Å². The predicted octanol–water partition coefficient (Wildman–Crippen LogP) is 2.06. The molecule has 0 bridgehead atoms. The highest BCUT2D eigenvalue weighted by Crippen LogP contribution is 2.29. The van der Waals surface area contributed by atoms with E-state index in [9.17, 15) is 22.8 Å². The van der Waals surface area contributed by atoms with Gasteiger partial charge < -0.3 is 5.73 Å². The molecule has 0 aliphatic carbocycles. The largest absolute Gasteiger partial charge is 0.416 e. The van der Waals surface area contributed by atoms with Gasteiger partial charge in [-0.25, -0.2) is 4.79 Å². The monoisotopic (exact) mass is 327 g/mol. The zero-order valence-electron chi connectivity index (χ0n) is 12.6. The fraction of sp³-hybridized carbons (Fsp3) is 0.333. The smallest absolute Gasteiger partial charge is 0.326 e. The van der Waals surface area contributed by atoms with E-state index in [1.807, 2.05) is 0 Å². The summed E-state index contributed by atoms with van der Waals surface area (Å²) in [5, 5.41) is 0. The molecular weight excluding hydrogens is 311 g/mol. The van der Waals surface area contributed by atoms with E-state index < -0.39 is 29.0 Å². The van der Waals surface area contributed by atoms with Crippen LogP contribution in [0, 0.1) is 0 Å². The van der Waals surface area contributed by atoms with Gasteiger partial charge in [0.05, 0.1) is 11.3 Å². The average Bonchev–Trinajstić information content (AvgIpc) is 2.46. The number of rotatable bonds is 3. The van der Waals surface area contributed by atoms with Crippen LogP contribution in [-0.2, 0) is 12.7 Å². The number of hydrogen-bond acceptors (Lipinski definition) is 3. The van der Waals surface area contributed by atoms with Crippen molar-refractivity contribution in [3.63, 3.8) is 0 Å². The summed E-state index contributed by atoms with van der Waals surface area (Å²) in [6.07, 6.45) is -3.19. The summed E-state index contributed by atoms with van der Waals surface area (Å²) >= 11 is 0. The van der Waals surface area contributed by atoms with E-state index in [0.29, 0.717) is 0 Å². The predicted molar refractivity (Wildman–Crippen MR) is 79.6 cm³/mol. The Hall–Kier alpha value is -2.35. The van der Waals surface area contributed by atoms with Gasteiger partial charge in [-0.2, -0.15) is 13.2 Å². The first-order chi connectivity index (χ1) is 10.7. The topological polar surface area (TPSA) is 70.0 Å². The van der Waals surface area contributed by atoms with Gasteiger partial charge in [0.25, 0.3) is 5.56 Å². The molecule has 1 aromatic heterocycles. The van der Waals surface area contributed by atoms with E-state index in [1.54, 1.807) is 13.8 Å². The van der Waals surface area contributed by atoms with Crippen molar-refractivity contribution in [2.24, 2.45) is 5.73 Å². The van der Waals surface area contributed by atoms with Crippen LogP contribution in [0.2, 0.25) is 0 Å². The van der Waals surface area contributed by atoms with Gasteiger partial charge in [-0.1, -0.05) is 0 Å². The summed E-state index contributed by atoms with van der Waals surface area (Å²) in [7, 11) is 0. The molecule has 8 heteroatoms.